The van der Waals surface area contributed by atoms with Crippen molar-refractivity contribution in [2.75, 3.05) is 18.9 Å². The van der Waals surface area contributed by atoms with Crippen molar-refractivity contribution in [1.82, 2.24) is 10.6 Å². The summed E-state index contributed by atoms with van der Waals surface area (Å²) in [4.78, 5) is 24.3. The first-order valence-corrected chi connectivity index (χ1v) is 11.0. The second-order valence-electron chi connectivity index (χ2n) is 7.52. The molecule has 4 atom stereocenters. The fourth-order valence-electron chi connectivity index (χ4n) is 2.77. The second-order valence-corrected chi connectivity index (χ2v) is 9.50. The molecule has 2 amide bonds. The van der Waals surface area contributed by atoms with E-state index < -0.39 is 33.8 Å². The van der Waals surface area contributed by atoms with E-state index in [1.165, 1.54) is 0 Å². The summed E-state index contributed by atoms with van der Waals surface area (Å²) in [5, 5.41) is 5.33. The zero-order chi connectivity index (χ0) is 22.0. The van der Waals surface area contributed by atoms with Crippen LogP contribution in [0, 0.1) is 18.3 Å². The molecule has 0 fully saturated rings. The van der Waals surface area contributed by atoms with Crippen LogP contribution >= 0.6 is 0 Å². The molecule has 0 spiro atoms. The van der Waals surface area contributed by atoms with Crippen molar-refractivity contribution >= 4 is 22.8 Å². The number of ether oxygens (including phenoxy) is 2. The van der Waals surface area contributed by atoms with Gasteiger partial charge in [-0.3, -0.25) is 9.00 Å². The Labute approximate surface area is 176 Å². The highest BCUT2D eigenvalue weighted by atomic mass is 32.2. The monoisotopic (exact) mass is 424 g/mol. The predicted molar refractivity (Wildman–Crippen MR) is 115 cm³/mol. The number of rotatable bonds is 10. The van der Waals surface area contributed by atoms with Crippen LogP contribution < -0.4 is 10.6 Å². The number of terminal acetylenes is 1. The number of carbonyl (C=O) groups excluding carboxylic acids is 2. The molecule has 0 aromatic heterocycles. The summed E-state index contributed by atoms with van der Waals surface area (Å²) in [6.45, 7) is 9.28. The van der Waals surface area contributed by atoms with Gasteiger partial charge in [-0.15, -0.1) is 6.42 Å². The minimum atomic E-state index is -1.32. The van der Waals surface area contributed by atoms with Crippen LogP contribution in [0.2, 0.25) is 0 Å². The van der Waals surface area contributed by atoms with E-state index in [1.807, 2.05) is 45.1 Å². The van der Waals surface area contributed by atoms with Crippen molar-refractivity contribution in [2.45, 2.75) is 57.6 Å². The van der Waals surface area contributed by atoms with Gasteiger partial charge in [-0.25, -0.2) is 4.79 Å². The lowest BCUT2D eigenvalue weighted by Gasteiger charge is -2.33. The molecule has 0 radical (unpaired) electrons. The SMILES string of the molecule is C#CCOC1C=CC=CC1(C)S(=O)CCNC(=O)C(NC(=O)OC(C)C)C(C)C. The summed E-state index contributed by atoms with van der Waals surface area (Å²) in [7, 11) is -1.32. The van der Waals surface area contributed by atoms with Crippen LogP contribution in [0.1, 0.15) is 34.6 Å². The Morgan fingerprint density at radius 2 is 1.97 bits per heavy atom. The molecule has 29 heavy (non-hydrogen) atoms. The van der Waals surface area contributed by atoms with Gasteiger partial charge < -0.3 is 20.1 Å². The van der Waals surface area contributed by atoms with Gasteiger partial charge in [0.1, 0.15) is 12.6 Å². The van der Waals surface area contributed by atoms with Crippen LogP contribution in [0.5, 0.6) is 0 Å². The Balaban J connectivity index is 2.63. The second kappa shape index (κ2) is 11.8. The summed E-state index contributed by atoms with van der Waals surface area (Å²) < 4.78 is 22.9. The number of carbonyl (C=O) groups is 2. The number of nitrogens with one attached hydrogen (secondary N) is 2. The maximum atomic E-state index is 12.9. The Kier molecular flexibility index (Phi) is 10.1. The van der Waals surface area contributed by atoms with Crippen molar-refractivity contribution in [3.8, 4) is 12.3 Å². The highest BCUT2D eigenvalue weighted by Crippen LogP contribution is 2.27. The first-order valence-electron chi connectivity index (χ1n) is 9.66. The zero-order valence-electron chi connectivity index (χ0n) is 17.8. The molecule has 7 nitrogen and oxygen atoms in total. The third-order valence-electron chi connectivity index (χ3n) is 4.38. The van der Waals surface area contributed by atoms with E-state index >= 15 is 0 Å². The molecule has 0 aliphatic heterocycles. The van der Waals surface area contributed by atoms with Crippen molar-refractivity contribution in [3.63, 3.8) is 0 Å². The number of amides is 2. The Hall–Kier alpha value is -2.11. The number of hydrogen-bond donors (Lipinski definition) is 2. The molecule has 0 saturated carbocycles. The van der Waals surface area contributed by atoms with E-state index in [0.717, 1.165) is 0 Å². The van der Waals surface area contributed by atoms with Crippen LogP contribution in [0.3, 0.4) is 0 Å². The fraction of sp³-hybridized carbons (Fsp3) is 0.619. The van der Waals surface area contributed by atoms with Crippen LogP contribution in [0.4, 0.5) is 4.79 Å². The van der Waals surface area contributed by atoms with E-state index in [0.29, 0.717) is 0 Å². The summed E-state index contributed by atoms with van der Waals surface area (Å²) >= 11 is 0. The molecular weight excluding hydrogens is 392 g/mol. The topological polar surface area (TPSA) is 93.7 Å². The maximum absolute atomic E-state index is 12.9. The summed E-state index contributed by atoms with van der Waals surface area (Å²) in [6.07, 6.45) is 11.3. The van der Waals surface area contributed by atoms with Gasteiger partial charge in [-0.1, -0.05) is 44.1 Å². The van der Waals surface area contributed by atoms with Gasteiger partial charge in [0.05, 0.1) is 17.0 Å². The molecule has 0 heterocycles. The fourth-order valence-corrected chi connectivity index (χ4v) is 4.13. The lowest BCUT2D eigenvalue weighted by atomic mass is 9.98. The number of alkyl carbamates (subject to hydrolysis) is 1. The van der Waals surface area contributed by atoms with E-state index in [9.17, 15) is 13.8 Å². The van der Waals surface area contributed by atoms with Crippen molar-refractivity contribution in [1.29, 1.82) is 0 Å². The van der Waals surface area contributed by atoms with Crippen LogP contribution in [0.25, 0.3) is 0 Å². The van der Waals surface area contributed by atoms with Gasteiger partial charge in [-0.2, -0.15) is 0 Å². The average molecular weight is 425 g/mol. The molecule has 8 heteroatoms. The Bertz CT molecular complexity index is 696. The van der Waals surface area contributed by atoms with Crippen LogP contribution in [0.15, 0.2) is 24.3 Å². The first kappa shape index (κ1) is 24.9. The Morgan fingerprint density at radius 1 is 1.28 bits per heavy atom. The van der Waals surface area contributed by atoms with Crippen molar-refractivity contribution < 1.29 is 23.3 Å². The quantitative estimate of drug-likeness (QED) is 0.523. The molecule has 0 saturated heterocycles. The van der Waals surface area contributed by atoms with Crippen molar-refractivity contribution in [3.05, 3.63) is 24.3 Å². The van der Waals surface area contributed by atoms with E-state index in [4.69, 9.17) is 15.9 Å². The third-order valence-corrected chi connectivity index (χ3v) is 6.30. The largest absolute Gasteiger partial charge is 0.447 e. The van der Waals surface area contributed by atoms with Crippen molar-refractivity contribution in [2.24, 2.45) is 5.92 Å². The average Bonchev–Trinajstić information content (AvgIpc) is 2.64. The molecule has 162 valence electrons. The smallest absolute Gasteiger partial charge is 0.408 e. The highest BCUT2D eigenvalue weighted by Gasteiger charge is 2.38. The Morgan fingerprint density at radius 3 is 2.55 bits per heavy atom. The molecule has 1 aliphatic carbocycles. The zero-order valence-corrected chi connectivity index (χ0v) is 18.6. The third kappa shape index (κ3) is 7.67. The van der Waals surface area contributed by atoms with E-state index in [2.05, 4.69) is 16.6 Å². The first-order chi connectivity index (χ1) is 13.6. The minimum Gasteiger partial charge on any atom is -0.447 e. The standard InChI is InChI=1S/C21H32N2O5S/c1-7-13-27-17-10-8-9-11-21(17,6)29(26)14-12-22-19(24)18(15(2)3)23-20(25)28-16(4)5/h1,8-11,15-18H,12-14H2,2-6H3,(H,22,24)(H,23,25). The molecule has 0 aromatic carbocycles. The van der Waals surface area contributed by atoms with E-state index in [1.54, 1.807) is 13.8 Å². The molecule has 1 rings (SSSR count). The minimum absolute atomic E-state index is 0.126. The van der Waals surface area contributed by atoms with Gasteiger partial charge in [-0.05, 0) is 26.7 Å². The molecular formula is C21H32N2O5S. The summed E-state index contributed by atoms with van der Waals surface area (Å²) in [5.74, 6) is 2.17. The van der Waals surface area contributed by atoms with Gasteiger partial charge >= 0.3 is 6.09 Å². The van der Waals surface area contributed by atoms with Gasteiger partial charge in [0.15, 0.2) is 0 Å². The van der Waals surface area contributed by atoms with Crippen LogP contribution in [-0.4, -0.2) is 58.1 Å². The maximum Gasteiger partial charge on any atom is 0.408 e. The molecule has 4 unspecified atom stereocenters. The molecule has 0 aromatic rings. The highest BCUT2D eigenvalue weighted by molar-refractivity contribution is 7.86. The summed E-state index contributed by atoms with van der Waals surface area (Å²) in [6, 6.07) is -0.741. The predicted octanol–water partition coefficient (Wildman–Crippen LogP) is 1.91. The molecule has 2 N–H and O–H groups in total. The summed E-state index contributed by atoms with van der Waals surface area (Å²) in [5.41, 5.74) is 0. The lowest BCUT2D eigenvalue weighted by molar-refractivity contribution is -0.123. The van der Waals surface area contributed by atoms with Gasteiger partial charge in [0.2, 0.25) is 5.91 Å². The molecule has 0 bridgehead atoms. The van der Waals surface area contributed by atoms with E-state index in [-0.39, 0.29) is 36.8 Å². The molecule has 1 aliphatic rings. The van der Waals surface area contributed by atoms with Gasteiger partial charge in [0.25, 0.3) is 0 Å². The van der Waals surface area contributed by atoms with Crippen LogP contribution in [-0.2, 0) is 25.1 Å². The number of hydrogen-bond acceptors (Lipinski definition) is 5. The number of allylic oxidation sites excluding steroid dienone is 2. The lowest BCUT2D eigenvalue weighted by Crippen LogP contribution is -2.51. The van der Waals surface area contributed by atoms with Gasteiger partial charge in [0, 0.05) is 23.1 Å². The normalized spacial score (nSPS) is 22.8.